The minimum Gasteiger partial charge on any atom is -0.411 e. The molecule has 1 aromatic heterocycles. The predicted octanol–water partition coefficient (Wildman–Crippen LogP) is 4.25. The Kier molecular flexibility index (Phi) is 6.52. The third-order valence-electron chi connectivity index (χ3n) is 5.79. The summed E-state index contributed by atoms with van der Waals surface area (Å²) in [5.74, 6) is -0.355. The van der Waals surface area contributed by atoms with Crippen molar-refractivity contribution in [2.45, 2.75) is 18.2 Å². The number of rotatable bonds is 5. The van der Waals surface area contributed by atoms with Gasteiger partial charge < -0.3 is 16.3 Å². The summed E-state index contributed by atoms with van der Waals surface area (Å²) < 4.78 is 24.3. The van der Waals surface area contributed by atoms with Crippen LogP contribution < -0.4 is 11.1 Å². The van der Waals surface area contributed by atoms with Crippen molar-refractivity contribution in [1.82, 2.24) is 4.98 Å². The molecular weight excluding hydrogens is 464 g/mol. The highest BCUT2D eigenvalue weighted by Crippen LogP contribution is 2.31. The molecule has 1 aliphatic carbocycles. The molecule has 0 unspecified atom stereocenters. The molecule has 3 aromatic rings. The van der Waals surface area contributed by atoms with Crippen molar-refractivity contribution in [3.8, 4) is 11.1 Å². The van der Waals surface area contributed by atoms with Crippen molar-refractivity contribution in [3.05, 3.63) is 95.5 Å². The first-order valence-electron chi connectivity index (χ1n) is 10.7. The van der Waals surface area contributed by atoms with Crippen molar-refractivity contribution >= 4 is 32.7 Å². The predicted molar refractivity (Wildman–Crippen MR) is 136 cm³/mol. The number of hydrogen-bond acceptors (Lipinski definition) is 7. The van der Waals surface area contributed by atoms with E-state index in [4.69, 9.17) is 10.9 Å². The van der Waals surface area contributed by atoms with Gasteiger partial charge in [-0.1, -0.05) is 41.6 Å². The minimum absolute atomic E-state index is 0.245. The molecule has 0 bridgehead atoms. The molecule has 35 heavy (non-hydrogen) atoms. The topological polar surface area (TPSA) is 135 Å². The molecule has 8 nitrogen and oxygen atoms in total. The lowest BCUT2D eigenvalue weighted by molar-refractivity contribution is 0.102. The smallest absolute Gasteiger partial charge is 0.257 e. The summed E-state index contributed by atoms with van der Waals surface area (Å²) in [6.45, 7) is 1.79. The Morgan fingerprint density at radius 3 is 2.49 bits per heavy atom. The van der Waals surface area contributed by atoms with E-state index in [1.165, 1.54) is 6.26 Å². The molecule has 2 aromatic carbocycles. The molecule has 0 radical (unpaired) electrons. The molecule has 0 atom stereocenters. The van der Waals surface area contributed by atoms with Crippen LogP contribution in [0.4, 0.5) is 5.69 Å². The van der Waals surface area contributed by atoms with E-state index in [1.54, 1.807) is 73.8 Å². The lowest BCUT2D eigenvalue weighted by Crippen LogP contribution is -2.20. The number of nitrogens with two attached hydrogens (primary N) is 1. The van der Waals surface area contributed by atoms with Crippen LogP contribution in [-0.2, 0) is 9.84 Å². The molecule has 1 amide bonds. The normalized spacial score (nSPS) is 15.1. The van der Waals surface area contributed by atoms with Gasteiger partial charge in [-0.3, -0.25) is 9.78 Å². The summed E-state index contributed by atoms with van der Waals surface area (Å²) >= 11 is 0. The van der Waals surface area contributed by atoms with Gasteiger partial charge >= 0.3 is 0 Å². The first-order chi connectivity index (χ1) is 16.7. The Hall–Kier alpha value is -4.24. The van der Waals surface area contributed by atoms with Gasteiger partial charge in [-0.2, -0.15) is 0 Å². The molecule has 178 valence electrons. The maximum Gasteiger partial charge on any atom is 0.257 e. The lowest BCUT2D eigenvalue weighted by atomic mass is 9.90. The second kappa shape index (κ2) is 9.55. The summed E-state index contributed by atoms with van der Waals surface area (Å²) in [4.78, 5) is 17.8. The highest BCUT2D eigenvalue weighted by molar-refractivity contribution is 7.90. The average molecular weight is 489 g/mol. The number of anilines is 1. The maximum absolute atomic E-state index is 13.2. The van der Waals surface area contributed by atoms with E-state index < -0.39 is 9.84 Å². The molecule has 0 saturated carbocycles. The van der Waals surface area contributed by atoms with E-state index in [0.717, 1.165) is 5.56 Å². The third kappa shape index (κ3) is 4.85. The van der Waals surface area contributed by atoms with Crippen LogP contribution in [0.2, 0.25) is 0 Å². The third-order valence-corrected chi connectivity index (χ3v) is 6.94. The van der Waals surface area contributed by atoms with Crippen LogP contribution in [0.1, 0.15) is 29.4 Å². The van der Waals surface area contributed by atoms with Crippen LogP contribution in [0.15, 0.2) is 94.3 Å². The fourth-order valence-corrected chi connectivity index (χ4v) is 4.87. The van der Waals surface area contributed by atoms with Crippen LogP contribution >= 0.6 is 0 Å². The molecule has 0 saturated heterocycles. The number of carbonyl (C=O) groups excluding carboxylic acids is 1. The first-order valence-corrected chi connectivity index (χ1v) is 12.6. The number of aromatic nitrogens is 1. The fourth-order valence-electron chi connectivity index (χ4n) is 3.96. The summed E-state index contributed by atoms with van der Waals surface area (Å²) in [5.41, 5.74) is 10.9. The molecule has 4 N–H and O–H groups in total. The Balaban J connectivity index is 1.61. The quantitative estimate of drug-likeness (QED) is 0.363. The second-order valence-electron chi connectivity index (χ2n) is 8.11. The Morgan fingerprint density at radius 2 is 1.80 bits per heavy atom. The van der Waals surface area contributed by atoms with Gasteiger partial charge in [0.25, 0.3) is 5.91 Å². The van der Waals surface area contributed by atoms with Gasteiger partial charge in [0.2, 0.25) is 0 Å². The second-order valence-corrected chi connectivity index (χ2v) is 10.1. The molecule has 0 fully saturated rings. The Labute approximate surface area is 203 Å². The van der Waals surface area contributed by atoms with Crippen molar-refractivity contribution in [2.24, 2.45) is 10.9 Å². The maximum atomic E-state index is 13.2. The minimum atomic E-state index is -3.39. The van der Waals surface area contributed by atoms with Gasteiger partial charge in [-0.05, 0) is 48.4 Å². The summed E-state index contributed by atoms with van der Waals surface area (Å²) in [5, 5.41) is 15.2. The number of amides is 1. The number of pyridine rings is 1. The fraction of sp³-hybridized carbons (Fsp3) is 0.115. The molecule has 0 aliphatic heterocycles. The summed E-state index contributed by atoms with van der Waals surface area (Å²) in [6.07, 6.45) is 4.92. The number of nitrogens with zero attached hydrogens (tertiary/aromatic N) is 2. The molecular formula is C26H24N4O4S. The summed E-state index contributed by atoms with van der Waals surface area (Å²) in [6, 6.07) is 17.1. The highest BCUT2D eigenvalue weighted by atomic mass is 32.2. The van der Waals surface area contributed by atoms with Gasteiger partial charge in [0.1, 0.15) is 5.71 Å². The van der Waals surface area contributed by atoms with E-state index in [9.17, 15) is 13.2 Å². The van der Waals surface area contributed by atoms with Crippen molar-refractivity contribution in [3.63, 3.8) is 0 Å². The Morgan fingerprint density at radius 1 is 1.09 bits per heavy atom. The van der Waals surface area contributed by atoms with Gasteiger partial charge in [-0.15, -0.1) is 0 Å². The van der Waals surface area contributed by atoms with Crippen LogP contribution in [0.3, 0.4) is 0 Å². The van der Waals surface area contributed by atoms with E-state index in [0.29, 0.717) is 51.5 Å². The number of allylic oxidation sites excluding steroid dienone is 4. The Bertz CT molecular complexity index is 1500. The van der Waals surface area contributed by atoms with Crippen molar-refractivity contribution in [1.29, 1.82) is 0 Å². The monoisotopic (exact) mass is 488 g/mol. The van der Waals surface area contributed by atoms with Gasteiger partial charge in [0.05, 0.1) is 21.8 Å². The molecule has 1 heterocycles. The van der Waals surface area contributed by atoms with Crippen molar-refractivity contribution < 1.29 is 18.4 Å². The zero-order valence-corrected chi connectivity index (χ0v) is 20.0. The van der Waals surface area contributed by atoms with Crippen LogP contribution in [0.25, 0.3) is 16.7 Å². The van der Waals surface area contributed by atoms with Gasteiger partial charge in [-0.25, -0.2) is 8.42 Å². The van der Waals surface area contributed by atoms with E-state index in [2.05, 4.69) is 15.5 Å². The van der Waals surface area contributed by atoms with E-state index >= 15 is 0 Å². The number of benzene rings is 2. The average Bonchev–Trinajstić information content (AvgIpc) is 2.85. The number of sulfone groups is 1. The standard InChI is InChI=1S/C26H24N4O4S/c1-16-19(13-14-22(30-32)24(16)27)25-21(7-5-15-28-25)26(31)29-18-11-9-17(10-12-18)20-6-3-4-8-23(20)35(2,33)34/h3-13,15,32H,14,27H2,1-2H3,(H,29,31). The number of nitrogens with one attached hydrogen (secondary N) is 1. The number of hydrogen-bond donors (Lipinski definition) is 3. The zero-order chi connectivity index (χ0) is 25.2. The van der Waals surface area contributed by atoms with Crippen LogP contribution in [0.5, 0.6) is 0 Å². The van der Waals surface area contributed by atoms with Gasteiger partial charge in [0.15, 0.2) is 9.84 Å². The largest absolute Gasteiger partial charge is 0.411 e. The van der Waals surface area contributed by atoms with Gasteiger partial charge in [0, 0.05) is 35.7 Å². The lowest BCUT2D eigenvalue weighted by Gasteiger charge is -2.19. The molecule has 9 heteroatoms. The number of carbonyl (C=O) groups is 1. The molecule has 1 aliphatic rings. The van der Waals surface area contributed by atoms with Crippen LogP contribution in [0, 0.1) is 0 Å². The molecule has 0 spiro atoms. The van der Waals surface area contributed by atoms with Crippen molar-refractivity contribution in [2.75, 3.05) is 11.6 Å². The van der Waals surface area contributed by atoms with E-state index in [-0.39, 0.29) is 10.8 Å². The first kappa shape index (κ1) is 23.9. The molecule has 4 rings (SSSR count). The SMILES string of the molecule is CC1=C(N)C(=NO)CC=C1c1ncccc1C(=O)Nc1ccc(-c2ccccc2S(C)(=O)=O)cc1. The van der Waals surface area contributed by atoms with Crippen LogP contribution in [-0.4, -0.2) is 36.5 Å². The number of oxime groups is 1. The summed E-state index contributed by atoms with van der Waals surface area (Å²) in [7, 11) is -3.39. The zero-order valence-electron chi connectivity index (χ0n) is 19.2. The highest BCUT2D eigenvalue weighted by Gasteiger charge is 2.23. The van der Waals surface area contributed by atoms with E-state index in [1.807, 2.05) is 6.08 Å².